The summed E-state index contributed by atoms with van der Waals surface area (Å²) in [5.74, 6) is 0.143. The molecule has 1 heterocycles. The number of aryl methyl sites for hydroxylation is 1. The molecule has 4 nitrogen and oxygen atoms in total. The van der Waals surface area contributed by atoms with Gasteiger partial charge in [-0.25, -0.2) is 0 Å². The summed E-state index contributed by atoms with van der Waals surface area (Å²) in [5.41, 5.74) is 7.25. The van der Waals surface area contributed by atoms with Gasteiger partial charge in [-0.3, -0.25) is 4.79 Å². The van der Waals surface area contributed by atoms with E-state index in [1.807, 2.05) is 21.7 Å². The van der Waals surface area contributed by atoms with Crippen LogP contribution in [0.3, 0.4) is 0 Å². The molecule has 2 N–H and O–H groups in total. The molecule has 0 bridgehead atoms. The molecule has 4 heteroatoms. The average Bonchev–Trinajstić information content (AvgIpc) is 3.10. The van der Waals surface area contributed by atoms with Crippen molar-refractivity contribution in [2.24, 2.45) is 0 Å². The first kappa shape index (κ1) is 13.0. The largest absolute Gasteiger partial charge is 0.397 e. The highest BCUT2D eigenvalue weighted by atomic mass is 16.2. The van der Waals surface area contributed by atoms with Crippen LogP contribution in [0.15, 0.2) is 12.3 Å². The Labute approximate surface area is 109 Å². The molecule has 1 aliphatic carbocycles. The number of anilines is 1. The molecule has 0 unspecified atom stereocenters. The zero-order valence-electron chi connectivity index (χ0n) is 11.4. The third kappa shape index (κ3) is 2.68. The SMILES string of the molecule is CCCN(C(=O)c1cc(N)cn1CCC)C1CC1. The van der Waals surface area contributed by atoms with Crippen molar-refractivity contribution in [1.29, 1.82) is 0 Å². The topological polar surface area (TPSA) is 51.3 Å². The predicted octanol–water partition coefficient (Wildman–Crippen LogP) is 2.49. The van der Waals surface area contributed by atoms with Crippen LogP contribution in [0, 0.1) is 0 Å². The van der Waals surface area contributed by atoms with Crippen LogP contribution in [0.4, 0.5) is 5.69 Å². The first-order chi connectivity index (χ1) is 8.67. The van der Waals surface area contributed by atoms with Crippen molar-refractivity contribution in [3.63, 3.8) is 0 Å². The second-order valence-corrected chi connectivity index (χ2v) is 5.08. The Morgan fingerprint density at radius 3 is 2.72 bits per heavy atom. The van der Waals surface area contributed by atoms with Gasteiger partial charge in [0.15, 0.2) is 0 Å². The summed E-state index contributed by atoms with van der Waals surface area (Å²) in [6.45, 7) is 5.92. The maximum atomic E-state index is 12.6. The molecule has 1 amide bonds. The molecule has 1 aromatic heterocycles. The minimum Gasteiger partial charge on any atom is -0.397 e. The highest BCUT2D eigenvalue weighted by molar-refractivity contribution is 5.94. The fourth-order valence-electron chi connectivity index (χ4n) is 2.36. The van der Waals surface area contributed by atoms with Crippen molar-refractivity contribution in [3.05, 3.63) is 18.0 Å². The van der Waals surface area contributed by atoms with E-state index in [4.69, 9.17) is 5.73 Å². The smallest absolute Gasteiger partial charge is 0.270 e. The van der Waals surface area contributed by atoms with E-state index in [2.05, 4.69) is 13.8 Å². The summed E-state index contributed by atoms with van der Waals surface area (Å²) in [6.07, 6.45) is 6.18. The molecule has 0 aromatic carbocycles. The van der Waals surface area contributed by atoms with Gasteiger partial charge in [0.25, 0.3) is 5.91 Å². The lowest BCUT2D eigenvalue weighted by molar-refractivity contribution is 0.0732. The van der Waals surface area contributed by atoms with Crippen molar-refractivity contribution in [1.82, 2.24) is 9.47 Å². The average molecular weight is 249 g/mol. The van der Waals surface area contributed by atoms with E-state index in [1.165, 1.54) is 0 Å². The third-order valence-corrected chi connectivity index (χ3v) is 3.31. The van der Waals surface area contributed by atoms with E-state index in [0.29, 0.717) is 11.7 Å². The van der Waals surface area contributed by atoms with Crippen LogP contribution in [0.25, 0.3) is 0 Å². The van der Waals surface area contributed by atoms with Gasteiger partial charge in [-0.15, -0.1) is 0 Å². The van der Waals surface area contributed by atoms with Crippen molar-refractivity contribution in [3.8, 4) is 0 Å². The lowest BCUT2D eigenvalue weighted by Crippen LogP contribution is -2.35. The highest BCUT2D eigenvalue weighted by Gasteiger charge is 2.33. The van der Waals surface area contributed by atoms with Crippen molar-refractivity contribution >= 4 is 11.6 Å². The Morgan fingerprint density at radius 2 is 2.17 bits per heavy atom. The van der Waals surface area contributed by atoms with Crippen LogP contribution in [-0.2, 0) is 6.54 Å². The van der Waals surface area contributed by atoms with Crippen LogP contribution < -0.4 is 5.73 Å². The number of nitrogens with two attached hydrogens (primary N) is 1. The van der Waals surface area contributed by atoms with E-state index < -0.39 is 0 Å². The summed E-state index contributed by atoms with van der Waals surface area (Å²) in [6, 6.07) is 2.27. The first-order valence-corrected chi connectivity index (χ1v) is 6.94. The van der Waals surface area contributed by atoms with Gasteiger partial charge in [0, 0.05) is 25.3 Å². The van der Waals surface area contributed by atoms with Gasteiger partial charge in [-0.1, -0.05) is 13.8 Å². The second-order valence-electron chi connectivity index (χ2n) is 5.08. The molecule has 0 saturated heterocycles. The minimum absolute atomic E-state index is 0.143. The Hall–Kier alpha value is -1.45. The van der Waals surface area contributed by atoms with E-state index in [9.17, 15) is 4.79 Å². The predicted molar refractivity (Wildman–Crippen MR) is 73.5 cm³/mol. The molecular formula is C14H23N3O. The lowest BCUT2D eigenvalue weighted by atomic mass is 10.3. The van der Waals surface area contributed by atoms with E-state index in [-0.39, 0.29) is 5.91 Å². The number of aromatic nitrogens is 1. The molecule has 1 saturated carbocycles. The number of carbonyl (C=O) groups excluding carboxylic acids is 1. The number of rotatable bonds is 6. The molecule has 1 aliphatic rings. The molecule has 100 valence electrons. The van der Waals surface area contributed by atoms with E-state index in [0.717, 1.165) is 44.5 Å². The van der Waals surface area contributed by atoms with Gasteiger partial charge in [0.2, 0.25) is 0 Å². The second kappa shape index (κ2) is 5.46. The molecule has 0 atom stereocenters. The molecule has 18 heavy (non-hydrogen) atoms. The van der Waals surface area contributed by atoms with Crippen LogP contribution in [0.5, 0.6) is 0 Å². The summed E-state index contributed by atoms with van der Waals surface area (Å²) < 4.78 is 1.99. The van der Waals surface area contributed by atoms with Gasteiger partial charge in [0.05, 0.1) is 5.69 Å². The quantitative estimate of drug-likeness (QED) is 0.842. The van der Waals surface area contributed by atoms with E-state index >= 15 is 0 Å². The van der Waals surface area contributed by atoms with Crippen LogP contribution in [0.1, 0.15) is 50.0 Å². The summed E-state index contributed by atoms with van der Waals surface area (Å²) in [5, 5.41) is 0. The molecule has 1 aromatic rings. The Balaban J connectivity index is 2.20. The number of nitrogens with zero attached hydrogens (tertiary/aromatic N) is 2. The molecular weight excluding hydrogens is 226 g/mol. The lowest BCUT2D eigenvalue weighted by Gasteiger charge is -2.22. The van der Waals surface area contributed by atoms with Crippen LogP contribution in [0.2, 0.25) is 0 Å². The summed E-state index contributed by atoms with van der Waals surface area (Å²) >= 11 is 0. The molecule has 0 aliphatic heterocycles. The summed E-state index contributed by atoms with van der Waals surface area (Å²) in [4.78, 5) is 14.6. The molecule has 0 radical (unpaired) electrons. The maximum Gasteiger partial charge on any atom is 0.270 e. The standard InChI is InChI=1S/C14H23N3O/c1-3-7-16-10-11(15)9-13(16)14(18)17(8-4-2)12-5-6-12/h9-10,12H,3-8,15H2,1-2H3. The molecule has 0 spiro atoms. The fourth-order valence-corrected chi connectivity index (χ4v) is 2.36. The third-order valence-electron chi connectivity index (χ3n) is 3.31. The summed E-state index contributed by atoms with van der Waals surface area (Å²) in [7, 11) is 0. The molecule has 2 rings (SSSR count). The van der Waals surface area contributed by atoms with Gasteiger partial charge >= 0.3 is 0 Å². The number of carbonyl (C=O) groups is 1. The van der Waals surface area contributed by atoms with E-state index in [1.54, 1.807) is 0 Å². The fraction of sp³-hybridized carbons (Fsp3) is 0.643. The number of nitrogen functional groups attached to an aromatic ring is 1. The van der Waals surface area contributed by atoms with Gasteiger partial charge in [0.1, 0.15) is 5.69 Å². The number of hydrogen-bond acceptors (Lipinski definition) is 2. The Bertz CT molecular complexity index is 421. The Kier molecular flexibility index (Phi) is 3.94. The minimum atomic E-state index is 0.143. The van der Waals surface area contributed by atoms with Crippen molar-refractivity contribution in [2.45, 2.75) is 52.1 Å². The molecule has 1 fully saturated rings. The van der Waals surface area contributed by atoms with Gasteiger partial charge in [-0.05, 0) is 31.7 Å². The van der Waals surface area contributed by atoms with Crippen molar-refractivity contribution < 1.29 is 4.79 Å². The van der Waals surface area contributed by atoms with Crippen LogP contribution >= 0.6 is 0 Å². The van der Waals surface area contributed by atoms with Gasteiger partial charge < -0.3 is 15.2 Å². The normalized spacial score (nSPS) is 14.8. The monoisotopic (exact) mass is 249 g/mol. The maximum absolute atomic E-state index is 12.6. The number of amides is 1. The van der Waals surface area contributed by atoms with Crippen molar-refractivity contribution in [2.75, 3.05) is 12.3 Å². The zero-order chi connectivity index (χ0) is 13.1. The first-order valence-electron chi connectivity index (χ1n) is 6.94. The van der Waals surface area contributed by atoms with Crippen LogP contribution in [-0.4, -0.2) is 28.0 Å². The Morgan fingerprint density at radius 1 is 1.44 bits per heavy atom. The highest BCUT2D eigenvalue weighted by Crippen LogP contribution is 2.29. The van der Waals surface area contributed by atoms with Gasteiger partial charge in [-0.2, -0.15) is 0 Å². The number of hydrogen-bond donors (Lipinski definition) is 1. The zero-order valence-corrected chi connectivity index (χ0v) is 11.4.